The second kappa shape index (κ2) is 6.37. The van der Waals surface area contributed by atoms with E-state index in [4.69, 9.17) is 0 Å². The summed E-state index contributed by atoms with van der Waals surface area (Å²) < 4.78 is 37.9. The fraction of sp³-hybridized carbons (Fsp3) is 0.467. The quantitative estimate of drug-likeness (QED) is 0.930. The van der Waals surface area contributed by atoms with E-state index >= 15 is 0 Å². The van der Waals surface area contributed by atoms with Crippen molar-refractivity contribution >= 4 is 17.6 Å². The number of carboxylic acids is 1. The van der Waals surface area contributed by atoms with Gasteiger partial charge >= 0.3 is 6.18 Å². The van der Waals surface area contributed by atoms with E-state index in [1.165, 1.54) is 12.1 Å². The minimum absolute atomic E-state index is 0.00231. The van der Waals surface area contributed by atoms with E-state index in [0.717, 1.165) is 12.1 Å². The van der Waals surface area contributed by atoms with Gasteiger partial charge in [-0.2, -0.15) is 13.2 Å². The van der Waals surface area contributed by atoms with Crippen LogP contribution >= 0.6 is 0 Å². The number of amides is 1. The van der Waals surface area contributed by atoms with Gasteiger partial charge in [-0.3, -0.25) is 4.79 Å². The Labute approximate surface area is 125 Å². The number of rotatable bonds is 3. The average molecular weight is 314 g/mol. The summed E-state index contributed by atoms with van der Waals surface area (Å²) in [5.41, 5.74) is -0.868. The number of nitrogens with one attached hydrogen (secondary N) is 1. The third-order valence-corrected chi connectivity index (χ3v) is 3.86. The van der Waals surface area contributed by atoms with Crippen LogP contribution < -0.4 is 10.4 Å². The number of aliphatic carboxylic acids is 1. The van der Waals surface area contributed by atoms with Gasteiger partial charge in [0.05, 0.1) is 5.56 Å². The summed E-state index contributed by atoms with van der Waals surface area (Å²) in [6.07, 6.45) is -2.35. The molecule has 1 aliphatic rings. The molecule has 1 N–H and O–H groups in total. The van der Waals surface area contributed by atoms with Crippen molar-refractivity contribution in [3.63, 3.8) is 0 Å². The lowest BCUT2D eigenvalue weighted by atomic mass is 9.78. The van der Waals surface area contributed by atoms with Gasteiger partial charge in [0, 0.05) is 23.5 Å². The highest BCUT2D eigenvalue weighted by Gasteiger charge is 2.33. The van der Waals surface area contributed by atoms with Crippen molar-refractivity contribution in [3.8, 4) is 0 Å². The fourth-order valence-corrected chi connectivity index (χ4v) is 2.74. The van der Waals surface area contributed by atoms with Gasteiger partial charge in [0.1, 0.15) is 0 Å². The zero-order valence-electron chi connectivity index (χ0n) is 11.7. The molecule has 1 amide bonds. The zero-order chi connectivity index (χ0) is 16.3. The Kier molecular flexibility index (Phi) is 4.73. The number of carboxylic acid groups (broad SMARTS) is 1. The van der Waals surface area contributed by atoms with Crippen LogP contribution in [0.5, 0.6) is 0 Å². The second-order valence-corrected chi connectivity index (χ2v) is 5.38. The molecule has 7 heteroatoms. The van der Waals surface area contributed by atoms with Crippen LogP contribution in [0.25, 0.3) is 0 Å². The molecule has 1 aliphatic carbocycles. The van der Waals surface area contributed by atoms with Crippen LogP contribution in [-0.4, -0.2) is 11.9 Å². The summed E-state index contributed by atoms with van der Waals surface area (Å²) in [6, 6.07) is 4.26. The van der Waals surface area contributed by atoms with Gasteiger partial charge in [-0.05, 0) is 31.0 Å². The summed E-state index contributed by atoms with van der Waals surface area (Å²) in [4.78, 5) is 23.2. The van der Waals surface area contributed by atoms with Gasteiger partial charge in [-0.1, -0.05) is 18.9 Å². The molecule has 120 valence electrons. The maximum Gasteiger partial charge on any atom is 0.416 e. The van der Waals surface area contributed by atoms with E-state index in [9.17, 15) is 27.9 Å². The average Bonchev–Trinajstić information content (AvgIpc) is 2.46. The lowest BCUT2D eigenvalue weighted by molar-refractivity contribution is -0.313. The maximum absolute atomic E-state index is 12.6. The highest BCUT2D eigenvalue weighted by atomic mass is 19.4. The van der Waals surface area contributed by atoms with Crippen molar-refractivity contribution in [3.05, 3.63) is 29.8 Å². The molecule has 1 aromatic rings. The molecule has 0 saturated heterocycles. The highest BCUT2D eigenvalue weighted by molar-refractivity contribution is 5.95. The van der Waals surface area contributed by atoms with Crippen LogP contribution in [0.2, 0.25) is 0 Å². The lowest BCUT2D eigenvalue weighted by Crippen LogP contribution is -2.42. The van der Waals surface area contributed by atoms with E-state index in [1.807, 2.05) is 0 Å². The van der Waals surface area contributed by atoms with Gasteiger partial charge in [0.25, 0.3) is 0 Å². The summed E-state index contributed by atoms with van der Waals surface area (Å²) in [5.74, 6) is -3.52. The SMILES string of the molecule is O=C([O-])C1CCCCC1C(=O)Nc1cccc(C(F)(F)F)c1. The van der Waals surface area contributed by atoms with E-state index in [1.54, 1.807) is 0 Å². The van der Waals surface area contributed by atoms with E-state index in [2.05, 4.69) is 5.32 Å². The van der Waals surface area contributed by atoms with Crippen LogP contribution in [0.3, 0.4) is 0 Å². The number of benzene rings is 1. The maximum atomic E-state index is 12.6. The number of alkyl halides is 3. The predicted octanol–water partition coefficient (Wildman–Crippen LogP) is 2.20. The summed E-state index contributed by atoms with van der Waals surface area (Å²) >= 11 is 0. The number of anilines is 1. The Bertz CT molecular complexity index is 571. The summed E-state index contributed by atoms with van der Waals surface area (Å²) in [7, 11) is 0. The molecule has 0 spiro atoms. The minimum Gasteiger partial charge on any atom is -0.550 e. The molecule has 2 unspecified atom stereocenters. The number of hydrogen-bond acceptors (Lipinski definition) is 3. The van der Waals surface area contributed by atoms with Crippen LogP contribution in [0, 0.1) is 11.8 Å². The summed E-state index contributed by atoms with van der Waals surface area (Å²) in [6.45, 7) is 0. The molecule has 2 rings (SSSR count). The lowest BCUT2D eigenvalue weighted by Gasteiger charge is -2.31. The molecule has 4 nitrogen and oxygen atoms in total. The number of carbonyl (C=O) groups excluding carboxylic acids is 2. The van der Waals surface area contributed by atoms with Crippen molar-refractivity contribution in [1.82, 2.24) is 0 Å². The first-order valence-electron chi connectivity index (χ1n) is 6.98. The standard InChI is InChI=1S/C15H16F3NO3/c16-15(17,18)9-4-3-5-10(8-9)19-13(20)11-6-1-2-7-12(11)14(21)22/h3-5,8,11-12H,1-2,6-7H2,(H,19,20)(H,21,22)/p-1. The summed E-state index contributed by atoms with van der Waals surface area (Å²) in [5, 5.41) is 13.4. The first-order chi connectivity index (χ1) is 10.3. The Morgan fingerprint density at radius 1 is 1.14 bits per heavy atom. The van der Waals surface area contributed by atoms with Gasteiger partial charge in [0.15, 0.2) is 0 Å². The van der Waals surface area contributed by atoms with Crippen LogP contribution in [-0.2, 0) is 15.8 Å². The molecule has 1 fully saturated rings. The molecule has 22 heavy (non-hydrogen) atoms. The molecule has 1 aromatic carbocycles. The third-order valence-electron chi connectivity index (χ3n) is 3.86. The molecule has 0 radical (unpaired) electrons. The van der Waals surface area contributed by atoms with Gasteiger partial charge < -0.3 is 15.2 Å². The van der Waals surface area contributed by atoms with E-state index in [-0.39, 0.29) is 5.69 Å². The molecule has 2 atom stereocenters. The largest absolute Gasteiger partial charge is 0.550 e. The number of halogens is 3. The van der Waals surface area contributed by atoms with Crippen molar-refractivity contribution in [1.29, 1.82) is 0 Å². The predicted molar refractivity (Wildman–Crippen MR) is 70.5 cm³/mol. The van der Waals surface area contributed by atoms with Gasteiger partial charge in [-0.25, -0.2) is 0 Å². The zero-order valence-corrected chi connectivity index (χ0v) is 11.7. The fourth-order valence-electron chi connectivity index (χ4n) is 2.74. The first-order valence-corrected chi connectivity index (χ1v) is 6.98. The van der Waals surface area contributed by atoms with Gasteiger partial charge in [-0.15, -0.1) is 0 Å². The molecular weight excluding hydrogens is 299 g/mol. The van der Waals surface area contributed by atoms with Crippen molar-refractivity contribution in [2.45, 2.75) is 31.9 Å². The van der Waals surface area contributed by atoms with Crippen LogP contribution in [0.4, 0.5) is 18.9 Å². The molecular formula is C15H15F3NO3-. The van der Waals surface area contributed by atoms with Crippen molar-refractivity contribution in [2.75, 3.05) is 5.32 Å². The first kappa shape index (κ1) is 16.3. The number of carbonyl (C=O) groups is 2. The third kappa shape index (κ3) is 3.78. The van der Waals surface area contributed by atoms with E-state index in [0.29, 0.717) is 25.7 Å². The Morgan fingerprint density at radius 3 is 2.36 bits per heavy atom. The highest BCUT2D eigenvalue weighted by Crippen LogP contribution is 2.33. The molecule has 0 bridgehead atoms. The van der Waals surface area contributed by atoms with Crippen LogP contribution in [0.1, 0.15) is 31.2 Å². The molecule has 0 heterocycles. The Morgan fingerprint density at radius 2 is 1.77 bits per heavy atom. The minimum atomic E-state index is -4.50. The topological polar surface area (TPSA) is 69.2 Å². The van der Waals surface area contributed by atoms with E-state index < -0.39 is 35.5 Å². The van der Waals surface area contributed by atoms with Crippen molar-refractivity contribution < 1.29 is 27.9 Å². The molecule has 0 aliphatic heterocycles. The Balaban J connectivity index is 2.12. The van der Waals surface area contributed by atoms with Crippen LogP contribution in [0.15, 0.2) is 24.3 Å². The molecule has 1 saturated carbocycles. The molecule has 0 aromatic heterocycles. The number of hydrogen-bond donors (Lipinski definition) is 1. The van der Waals surface area contributed by atoms with Gasteiger partial charge in [0.2, 0.25) is 5.91 Å². The second-order valence-electron chi connectivity index (χ2n) is 5.38. The normalized spacial score (nSPS) is 22.1. The van der Waals surface area contributed by atoms with Crippen molar-refractivity contribution in [2.24, 2.45) is 11.8 Å². The monoisotopic (exact) mass is 314 g/mol. The smallest absolute Gasteiger partial charge is 0.416 e. The Hall–Kier alpha value is -2.05.